The van der Waals surface area contributed by atoms with Crippen LogP contribution in [0.2, 0.25) is 0 Å². The molecule has 0 aromatic heterocycles. The van der Waals surface area contributed by atoms with Gasteiger partial charge in [0, 0.05) is 17.4 Å². The van der Waals surface area contributed by atoms with Crippen molar-refractivity contribution in [1.29, 1.82) is 0 Å². The van der Waals surface area contributed by atoms with E-state index in [4.69, 9.17) is 0 Å². The Hall–Kier alpha value is -0.820. The van der Waals surface area contributed by atoms with E-state index >= 15 is 0 Å². The lowest BCUT2D eigenvalue weighted by Crippen LogP contribution is -2.58. The molecule has 1 nitrogen and oxygen atoms in total. The minimum absolute atomic E-state index is 0.405. The maximum absolute atomic E-state index is 4.34. The summed E-state index contributed by atoms with van der Waals surface area (Å²) < 4.78 is 0. The van der Waals surface area contributed by atoms with Crippen LogP contribution in [0.4, 0.5) is 0 Å². The second-order valence-corrected chi connectivity index (χ2v) is 9.63. The maximum Gasteiger partial charge on any atom is 0.0173 e. The van der Waals surface area contributed by atoms with Gasteiger partial charge in [0.15, 0.2) is 0 Å². The number of hydrogen-bond donors (Lipinski definition) is 1. The molecule has 0 unspecified atom stereocenters. The zero-order valence-electron chi connectivity index (χ0n) is 16.9. The van der Waals surface area contributed by atoms with E-state index in [2.05, 4.69) is 45.7 Å². The molecule has 1 heteroatoms. The molecule has 0 amide bonds. The Labute approximate surface area is 155 Å². The van der Waals surface area contributed by atoms with E-state index in [9.17, 15) is 0 Å². The first-order valence-corrected chi connectivity index (χ1v) is 10.7. The molecule has 0 aromatic rings. The first-order chi connectivity index (χ1) is 11.9. The largest absolute Gasteiger partial charge is 0.313 e. The normalized spacial score (nSPS) is 42.7. The van der Waals surface area contributed by atoms with Crippen molar-refractivity contribution in [2.24, 2.45) is 28.6 Å². The molecular weight excluding hydrogens is 302 g/mol. The van der Waals surface area contributed by atoms with Crippen molar-refractivity contribution < 1.29 is 0 Å². The van der Waals surface area contributed by atoms with Crippen LogP contribution in [0.25, 0.3) is 0 Å². The van der Waals surface area contributed by atoms with E-state index in [1.165, 1.54) is 50.5 Å². The lowest BCUT2D eigenvalue weighted by molar-refractivity contribution is -0.0538. The van der Waals surface area contributed by atoms with E-state index in [1.54, 1.807) is 11.1 Å². The lowest BCUT2D eigenvalue weighted by atomic mass is 9.39. The highest BCUT2D eigenvalue weighted by atomic mass is 14.9. The number of rotatable bonds is 4. The van der Waals surface area contributed by atoms with Gasteiger partial charge in [-0.15, -0.1) is 0 Å². The molecule has 0 radical (unpaired) electrons. The SMILES string of the molecule is C=C(C)[C@H]1CC2=C(C)C=C(CNCC)[C@@]34CCC[C@@H]3CC[C@H](C1)[C@]24C. The van der Waals surface area contributed by atoms with E-state index in [0.717, 1.165) is 24.9 Å². The van der Waals surface area contributed by atoms with Gasteiger partial charge in [-0.25, -0.2) is 0 Å². The van der Waals surface area contributed by atoms with Crippen molar-refractivity contribution in [3.8, 4) is 0 Å². The topological polar surface area (TPSA) is 12.0 Å². The Morgan fingerprint density at radius 1 is 1.28 bits per heavy atom. The summed E-state index contributed by atoms with van der Waals surface area (Å²) in [6.45, 7) is 16.1. The molecule has 0 aromatic carbocycles. The van der Waals surface area contributed by atoms with Crippen molar-refractivity contribution in [1.82, 2.24) is 5.32 Å². The Morgan fingerprint density at radius 3 is 2.76 bits per heavy atom. The van der Waals surface area contributed by atoms with Gasteiger partial charge >= 0.3 is 0 Å². The Kier molecular flexibility index (Phi) is 4.30. The summed E-state index contributed by atoms with van der Waals surface area (Å²) >= 11 is 0. The quantitative estimate of drug-likeness (QED) is 0.616. The van der Waals surface area contributed by atoms with Crippen molar-refractivity contribution in [2.45, 2.75) is 72.6 Å². The van der Waals surface area contributed by atoms with E-state index < -0.39 is 0 Å². The summed E-state index contributed by atoms with van der Waals surface area (Å²) in [5, 5.41) is 3.68. The zero-order valence-corrected chi connectivity index (χ0v) is 16.9. The minimum atomic E-state index is 0.405. The van der Waals surface area contributed by atoms with E-state index in [1.807, 2.05) is 5.57 Å². The number of nitrogens with one attached hydrogen (secondary N) is 1. The number of likely N-dealkylation sites (N-methyl/N-ethyl adjacent to an activating group) is 1. The van der Waals surface area contributed by atoms with Crippen LogP contribution in [0.3, 0.4) is 0 Å². The smallest absolute Gasteiger partial charge is 0.0173 e. The molecule has 4 aliphatic carbocycles. The third-order valence-electron chi connectivity index (χ3n) is 8.78. The van der Waals surface area contributed by atoms with Crippen LogP contribution in [-0.2, 0) is 0 Å². The second kappa shape index (κ2) is 6.12. The molecule has 4 aliphatic rings. The molecule has 1 N–H and O–H groups in total. The van der Waals surface area contributed by atoms with Gasteiger partial charge in [-0.1, -0.05) is 49.6 Å². The Balaban J connectivity index is 1.86. The van der Waals surface area contributed by atoms with Crippen LogP contribution in [0.1, 0.15) is 72.6 Å². The molecular formula is C24H37N. The van der Waals surface area contributed by atoms with Crippen molar-refractivity contribution in [3.63, 3.8) is 0 Å². The third-order valence-corrected chi connectivity index (χ3v) is 8.78. The van der Waals surface area contributed by atoms with Crippen molar-refractivity contribution in [3.05, 3.63) is 34.9 Å². The van der Waals surface area contributed by atoms with Gasteiger partial charge < -0.3 is 5.32 Å². The van der Waals surface area contributed by atoms with Crippen LogP contribution < -0.4 is 5.32 Å². The van der Waals surface area contributed by atoms with Gasteiger partial charge in [-0.05, 0) is 82.2 Å². The summed E-state index contributed by atoms with van der Waals surface area (Å²) in [5.74, 6) is 2.48. The van der Waals surface area contributed by atoms with Crippen LogP contribution >= 0.6 is 0 Å². The maximum atomic E-state index is 4.34. The van der Waals surface area contributed by atoms with Crippen molar-refractivity contribution in [2.75, 3.05) is 13.1 Å². The fraction of sp³-hybridized carbons (Fsp3) is 0.750. The van der Waals surface area contributed by atoms with Crippen LogP contribution in [-0.4, -0.2) is 13.1 Å². The minimum Gasteiger partial charge on any atom is -0.313 e. The molecule has 0 heterocycles. The molecule has 5 atom stereocenters. The zero-order chi connectivity index (χ0) is 17.8. The molecule has 0 aliphatic heterocycles. The first kappa shape index (κ1) is 17.6. The number of hydrogen-bond acceptors (Lipinski definition) is 1. The highest BCUT2D eigenvalue weighted by Crippen LogP contribution is 2.73. The molecule has 4 rings (SSSR count). The first-order valence-electron chi connectivity index (χ1n) is 10.7. The monoisotopic (exact) mass is 339 g/mol. The fourth-order valence-electron chi connectivity index (χ4n) is 7.61. The van der Waals surface area contributed by atoms with Crippen molar-refractivity contribution >= 4 is 0 Å². The molecule has 1 spiro atoms. The Bertz CT molecular complexity index is 638. The summed E-state index contributed by atoms with van der Waals surface area (Å²) in [6, 6.07) is 0. The van der Waals surface area contributed by atoms with Gasteiger partial charge in [0.2, 0.25) is 0 Å². The lowest BCUT2D eigenvalue weighted by Gasteiger charge is -2.65. The molecule has 0 saturated heterocycles. The van der Waals surface area contributed by atoms with E-state index in [0.29, 0.717) is 16.7 Å². The van der Waals surface area contributed by atoms with Gasteiger partial charge in [-0.2, -0.15) is 0 Å². The highest BCUT2D eigenvalue weighted by molar-refractivity contribution is 5.48. The molecule has 0 bridgehead atoms. The van der Waals surface area contributed by atoms with Gasteiger partial charge in [0.1, 0.15) is 0 Å². The molecule has 3 fully saturated rings. The fourth-order valence-corrected chi connectivity index (χ4v) is 7.61. The van der Waals surface area contributed by atoms with Gasteiger partial charge in [-0.3, -0.25) is 0 Å². The highest BCUT2D eigenvalue weighted by Gasteiger charge is 2.65. The summed E-state index contributed by atoms with van der Waals surface area (Å²) in [7, 11) is 0. The standard InChI is InChI=1S/C24H37N/c1-6-25-15-21-12-17(4)22-14-18(16(2)3)13-20-10-9-19-8-7-11-24(19,21)23(20,22)5/h12,18-20,25H,2,6-11,13-15H2,1,3-5H3/t18-,19-,20-,23-,24-/m1/s1. The van der Waals surface area contributed by atoms with Crippen LogP contribution in [0.15, 0.2) is 34.9 Å². The second-order valence-electron chi connectivity index (χ2n) is 9.63. The van der Waals surface area contributed by atoms with Gasteiger partial charge in [0.25, 0.3) is 0 Å². The predicted octanol–water partition coefficient (Wildman–Crippen LogP) is 6.04. The summed E-state index contributed by atoms with van der Waals surface area (Å²) in [5.41, 5.74) is 7.41. The molecule has 3 saturated carbocycles. The van der Waals surface area contributed by atoms with Gasteiger partial charge in [0.05, 0.1) is 0 Å². The van der Waals surface area contributed by atoms with E-state index in [-0.39, 0.29) is 0 Å². The average molecular weight is 340 g/mol. The third kappa shape index (κ3) is 2.24. The average Bonchev–Trinajstić information content (AvgIpc) is 3.01. The number of allylic oxidation sites excluding steroid dienone is 4. The summed E-state index contributed by atoms with van der Waals surface area (Å²) in [6.07, 6.45) is 12.5. The predicted molar refractivity (Wildman–Crippen MR) is 107 cm³/mol. The molecule has 138 valence electrons. The van der Waals surface area contributed by atoms with Crippen LogP contribution in [0.5, 0.6) is 0 Å². The Morgan fingerprint density at radius 2 is 2.04 bits per heavy atom. The molecule has 25 heavy (non-hydrogen) atoms. The summed E-state index contributed by atoms with van der Waals surface area (Å²) in [4.78, 5) is 0. The van der Waals surface area contributed by atoms with Crippen LogP contribution in [0, 0.1) is 28.6 Å².